The van der Waals surface area contributed by atoms with Gasteiger partial charge in [-0.25, -0.2) is 0 Å². The molecule has 0 radical (unpaired) electrons. The van der Waals surface area contributed by atoms with Crippen LogP contribution in [0.3, 0.4) is 0 Å². The Bertz CT molecular complexity index is 314. The number of ketones is 1. The van der Waals surface area contributed by atoms with Crippen LogP contribution in [0.5, 0.6) is 0 Å². The Labute approximate surface area is 86.6 Å². The van der Waals surface area contributed by atoms with E-state index < -0.39 is 0 Å². The summed E-state index contributed by atoms with van der Waals surface area (Å²) in [4.78, 5) is 11.1. The van der Waals surface area contributed by atoms with E-state index in [9.17, 15) is 4.79 Å². The van der Waals surface area contributed by atoms with Crippen LogP contribution in [0.1, 0.15) is 12.5 Å². The second-order valence-corrected chi connectivity index (χ2v) is 3.35. The van der Waals surface area contributed by atoms with E-state index in [4.69, 9.17) is 0 Å². The molecule has 1 aromatic carbocycles. The highest BCUT2D eigenvalue weighted by Gasteiger charge is 1.97. The van der Waals surface area contributed by atoms with Crippen molar-refractivity contribution in [2.45, 2.75) is 6.92 Å². The molecule has 0 heterocycles. The van der Waals surface area contributed by atoms with E-state index in [0.717, 1.165) is 11.1 Å². The lowest BCUT2D eigenvalue weighted by Gasteiger charge is -1.99. The lowest BCUT2D eigenvalue weighted by Crippen LogP contribution is -1.93. The number of hydrogen-bond acceptors (Lipinski definition) is 1. The van der Waals surface area contributed by atoms with Gasteiger partial charge in [-0.3, -0.25) is 4.79 Å². The molecule has 68 valence electrons. The molecule has 0 N–H and O–H groups in total. The number of halogens is 1. The summed E-state index contributed by atoms with van der Waals surface area (Å²) in [5, 5.41) is 0.386. The molecule has 0 fully saturated rings. The third-order valence-corrected chi connectivity index (χ3v) is 2.29. The van der Waals surface area contributed by atoms with Gasteiger partial charge in [-0.15, -0.1) is 0 Å². The summed E-state index contributed by atoms with van der Waals surface area (Å²) in [7, 11) is 0. The molecular weight excluding hydrogens is 228 g/mol. The summed E-state index contributed by atoms with van der Waals surface area (Å²) < 4.78 is 0. The third kappa shape index (κ3) is 3.15. The minimum absolute atomic E-state index is 0.0985. The van der Waals surface area contributed by atoms with Gasteiger partial charge in [0.15, 0.2) is 5.78 Å². The van der Waals surface area contributed by atoms with Gasteiger partial charge in [0.25, 0.3) is 0 Å². The normalized spacial score (nSPS) is 11.4. The van der Waals surface area contributed by atoms with Crippen LogP contribution < -0.4 is 0 Å². The molecule has 0 spiro atoms. The van der Waals surface area contributed by atoms with E-state index in [0.29, 0.717) is 5.33 Å². The van der Waals surface area contributed by atoms with Crippen molar-refractivity contribution in [2.24, 2.45) is 0 Å². The Hall–Kier alpha value is -0.890. The maximum Gasteiger partial charge on any atom is 0.166 e. The number of benzene rings is 1. The van der Waals surface area contributed by atoms with Crippen molar-refractivity contribution >= 4 is 27.3 Å². The molecule has 0 aliphatic carbocycles. The van der Waals surface area contributed by atoms with E-state index in [1.165, 1.54) is 0 Å². The minimum Gasteiger partial charge on any atom is -0.294 e. The summed E-state index contributed by atoms with van der Waals surface area (Å²) in [6.45, 7) is 1.94. The Balaban J connectivity index is 2.85. The van der Waals surface area contributed by atoms with E-state index in [-0.39, 0.29) is 5.78 Å². The molecule has 0 aliphatic rings. The van der Waals surface area contributed by atoms with E-state index >= 15 is 0 Å². The fourth-order valence-electron chi connectivity index (χ4n) is 1.06. The first kappa shape index (κ1) is 10.2. The van der Waals surface area contributed by atoms with Crippen LogP contribution in [0.4, 0.5) is 0 Å². The smallest absolute Gasteiger partial charge is 0.166 e. The molecule has 0 amide bonds. The molecule has 0 aromatic heterocycles. The van der Waals surface area contributed by atoms with Gasteiger partial charge in [-0.2, -0.15) is 0 Å². The minimum atomic E-state index is 0.0985. The van der Waals surface area contributed by atoms with Crippen molar-refractivity contribution in [3.63, 3.8) is 0 Å². The highest BCUT2D eigenvalue weighted by molar-refractivity contribution is 9.09. The molecule has 2 heteroatoms. The summed E-state index contributed by atoms with van der Waals surface area (Å²) in [6, 6.07) is 9.88. The maximum absolute atomic E-state index is 11.1. The van der Waals surface area contributed by atoms with Crippen molar-refractivity contribution in [1.29, 1.82) is 0 Å². The van der Waals surface area contributed by atoms with Crippen molar-refractivity contribution in [3.8, 4) is 0 Å². The van der Waals surface area contributed by atoms with Crippen molar-refractivity contribution in [3.05, 3.63) is 42.0 Å². The van der Waals surface area contributed by atoms with Crippen molar-refractivity contribution < 1.29 is 4.79 Å². The predicted octanol–water partition coefficient (Wildman–Crippen LogP) is 3.05. The molecular formula is C11H11BrO. The Morgan fingerprint density at radius 3 is 2.54 bits per heavy atom. The zero-order valence-corrected chi connectivity index (χ0v) is 9.04. The molecule has 1 rings (SSSR count). The van der Waals surface area contributed by atoms with Gasteiger partial charge in [0.05, 0.1) is 5.33 Å². The van der Waals surface area contributed by atoms with Gasteiger partial charge in [0, 0.05) is 0 Å². The monoisotopic (exact) mass is 238 g/mol. The van der Waals surface area contributed by atoms with Crippen LogP contribution >= 0.6 is 15.9 Å². The zero-order chi connectivity index (χ0) is 9.68. The zero-order valence-electron chi connectivity index (χ0n) is 7.46. The van der Waals surface area contributed by atoms with Crippen LogP contribution in [0.2, 0.25) is 0 Å². The number of hydrogen-bond donors (Lipinski definition) is 0. The summed E-state index contributed by atoms with van der Waals surface area (Å²) >= 11 is 3.12. The Kier molecular flexibility index (Phi) is 3.90. The third-order valence-electron chi connectivity index (χ3n) is 1.74. The number of alkyl halides is 1. The average molecular weight is 239 g/mol. The molecule has 1 nitrogen and oxygen atoms in total. The molecule has 0 unspecified atom stereocenters. The van der Waals surface area contributed by atoms with Gasteiger partial charge < -0.3 is 0 Å². The number of carbonyl (C=O) groups excluding carboxylic acids is 1. The first-order valence-electron chi connectivity index (χ1n) is 4.06. The standard InChI is InChI=1S/C11H11BrO/c1-9(7-11(13)8-12)10-5-3-2-4-6-10/h2-7H,8H2,1H3. The molecule has 0 aliphatic heterocycles. The SMILES string of the molecule is CC(=CC(=O)CBr)c1ccccc1. The summed E-state index contributed by atoms with van der Waals surface area (Å²) in [5.41, 5.74) is 2.10. The van der Waals surface area contributed by atoms with Gasteiger partial charge in [0.1, 0.15) is 0 Å². The Morgan fingerprint density at radius 1 is 1.38 bits per heavy atom. The van der Waals surface area contributed by atoms with Crippen molar-refractivity contribution in [1.82, 2.24) is 0 Å². The predicted molar refractivity (Wildman–Crippen MR) is 58.9 cm³/mol. The van der Waals surface area contributed by atoms with E-state index in [1.54, 1.807) is 6.08 Å². The summed E-state index contributed by atoms with van der Waals surface area (Å²) in [6.07, 6.45) is 1.66. The van der Waals surface area contributed by atoms with Crippen LogP contribution in [-0.2, 0) is 4.79 Å². The highest BCUT2D eigenvalue weighted by atomic mass is 79.9. The molecule has 0 saturated carbocycles. The summed E-state index contributed by atoms with van der Waals surface area (Å²) in [5.74, 6) is 0.0985. The number of allylic oxidation sites excluding steroid dienone is 2. The fraction of sp³-hybridized carbons (Fsp3) is 0.182. The lowest BCUT2D eigenvalue weighted by atomic mass is 10.1. The number of rotatable bonds is 3. The van der Waals surface area contributed by atoms with Gasteiger partial charge in [0.2, 0.25) is 0 Å². The second kappa shape index (κ2) is 4.97. The Morgan fingerprint density at radius 2 is 2.00 bits per heavy atom. The van der Waals surface area contributed by atoms with E-state index in [1.807, 2.05) is 37.3 Å². The lowest BCUT2D eigenvalue weighted by molar-refractivity contribution is -0.112. The van der Waals surface area contributed by atoms with Gasteiger partial charge in [-0.1, -0.05) is 46.3 Å². The molecule has 0 atom stereocenters. The van der Waals surface area contributed by atoms with Crippen LogP contribution in [0.25, 0.3) is 5.57 Å². The average Bonchev–Trinajstić information content (AvgIpc) is 2.19. The number of carbonyl (C=O) groups is 1. The van der Waals surface area contributed by atoms with Gasteiger partial charge in [-0.05, 0) is 24.1 Å². The highest BCUT2D eigenvalue weighted by Crippen LogP contribution is 2.12. The topological polar surface area (TPSA) is 17.1 Å². The first-order valence-corrected chi connectivity index (χ1v) is 5.18. The molecule has 0 saturated heterocycles. The van der Waals surface area contributed by atoms with Crippen LogP contribution in [0.15, 0.2) is 36.4 Å². The van der Waals surface area contributed by atoms with E-state index in [2.05, 4.69) is 15.9 Å². The molecule has 1 aromatic rings. The van der Waals surface area contributed by atoms with Crippen LogP contribution in [-0.4, -0.2) is 11.1 Å². The van der Waals surface area contributed by atoms with Crippen LogP contribution in [0, 0.1) is 0 Å². The quantitative estimate of drug-likeness (QED) is 0.585. The maximum atomic E-state index is 11.1. The van der Waals surface area contributed by atoms with Crippen molar-refractivity contribution in [2.75, 3.05) is 5.33 Å². The first-order chi connectivity index (χ1) is 6.24. The second-order valence-electron chi connectivity index (χ2n) is 2.79. The largest absolute Gasteiger partial charge is 0.294 e. The fourth-order valence-corrected chi connectivity index (χ4v) is 1.23. The molecule has 0 bridgehead atoms. The van der Waals surface area contributed by atoms with Gasteiger partial charge >= 0.3 is 0 Å². The molecule has 13 heavy (non-hydrogen) atoms.